The summed E-state index contributed by atoms with van der Waals surface area (Å²) in [5.41, 5.74) is 2.30. The summed E-state index contributed by atoms with van der Waals surface area (Å²) in [7, 11) is 1.70. The van der Waals surface area contributed by atoms with Crippen molar-refractivity contribution in [3.05, 3.63) is 59.7 Å². The lowest BCUT2D eigenvalue weighted by Gasteiger charge is -2.47. The molecule has 1 aliphatic rings. The van der Waals surface area contributed by atoms with Gasteiger partial charge in [0.2, 0.25) is 0 Å². The molecule has 1 aliphatic heterocycles. The zero-order valence-corrected chi connectivity index (χ0v) is 17.3. The van der Waals surface area contributed by atoms with E-state index < -0.39 is 0 Å². The molecule has 0 spiro atoms. The Morgan fingerprint density at radius 3 is 2.57 bits per heavy atom. The van der Waals surface area contributed by atoms with Gasteiger partial charge >= 0.3 is 0 Å². The molecule has 4 heteroatoms. The summed E-state index contributed by atoms with van der Waals surface area (Å²) in [4.78, 5) is 0. The summed E-state index contributed by atoms with van der Waals surface area (Å²) in [5, 5.41) is 13.5. The number of phenols is 1. The second kappa shape index (κ2) is 8.97. The van der Waals surface area contributed by atoms with E-state index in [0.29, 0.717) is 12.3 Å². The first-order valence-electron chi connectivity index (χ1n) is 10.3. The highest BCUT2D eigenvalue weighted by atomic mass is 16.5. The molecular weight excluding hydrogens is 350 g/mol. The molecular formula is C24H33NO3. The van der Waals surface area contributed by atoms with Crippen LogP contribution >= 0.6 is 0 Å². The molecule has 2 N–H and O–H groups in total. The Labute approximate surface area is 168 Å². The van der Waals surface area contributed by atoms with Gasteiger partial charge in [-0.2, -0.15) is 0 Å². The van der Waals surface area contributed by atoms with E-state index in [1.807, 2.05) is 18.2 Å². The molecule has 0 unspecified atom stereocenters. The highest BCUT2D eigenvalue weighted by Crippen LogP contribution is 2.45. The first-order valence-corrected chi connectivity index (χ1v) is 10.3. The second-order valence-electron chi connectivity index (χ2n) is 8.14. The van der Waals surface area contributed by atoms with E-state index in [1.54, 1.807) is 13.2 Å². The molecule has 0 radical (unpaired) electrons. The van der Waals surface area contributed by atoms with Crippen LogP contribution in [-0.4, -0.2) is 31.0 Å². The molecule has 1 heterocycles. The highest BCUT2D eigenvalue weighted by Gasteiger charge is 2.43. The van der Waals surface area contributed by atoms with E-state index in [1.165, 1.54) is 5.56 Å². The van der Waals surface area contributed by atoms with E-state index >= 15 is 0 Å². The standard InChI is InChI=1S/C24H33NO3/c1-4-23(2)18-24(14-16-28-23,20-9-11-21(27-3)12-10-20)13-15-25-17-19-7-5-6-8-22(19)26/h5-12,25-26H,4,13-18H2,1-3H3/t23-,24-/m1/s1. The Hall–Kier alpha value is -2.04. The maximum Gasteiger partial charge on any atom is 0.120 e. The number of rotatable bonds is 8. The van der Waals surface area contributed by atoms with Crippen molar-refractivity contribution in [3.63, 3.8) is 0 Å². The second-order valence-corrected chi connectivity index (χ2v) is 8.14. The third-order valence-electron chi connectivity index (χ3n) is 6.28. The van der Waals surface area contributed by atoms with Crippen molar-refractivity contribution in [1.82, 2.24) is 5.32 Å². The van der Waals surface area contributed by atoms with Crippen LogP contribution in [0.3, 0.4) is 0 Å². The fourth-order valence-corrected chi connectivity index (χ4v) is 4.33. The molecule has 2 aromatic carbocycles. The summed E-state index contributed by atoms with van der Waals surface area (Å²) in [5.74, 6) is 1.24. The number of nitrogens with one attached hydrogen (secondary N) is 1. The minimum Gasteiger partial charge on any atom is -0.508 e. The predicted octanol–water partition coefficient (Wildman–Crippen LogP) is 4.80. The Morgan fingerprint density at radius 1 is 1.14 bits per heavy atom. The topological polar surface area (TPSA) is 50.7 Å². The molecule has 1 saturated heterocycles. The fraction of sp³-hybridized carbons (Fsp3) is 0.500. The van der Waals surface area contributed by atoms with Crippen LogP contribution in [0.2, 0.25) is 0 Å². The van der Waals surface area contributed by atoms with Crippen molar-refractivity contribution in [2.24, 2.45) is 0 Å². The molecule has 2 aromatic rings. The van der Waals surface area contributed by atoms with Gasteiger partial charge < -0.3 is 19.9 Å². The lowest BCUT2D eigenvalue weighted by Crippen LogP contribution is -2.46. The monoisotopic (exact) mass is 383 g/mol. The van der Waals surface area contributed by atoms with Gasteiger partial charge in [0.25, 0.3) is 0 Å². The predicted molar refractivity (Wildman–Crippen MR) is 113 cm³/mol. The summed E-state index contributed by atoms with van der Waals surface area (Å²) in [6.45, 7) is 6.79. The van der Waals surface area contributed by atoms with E-state index in [0.717, 1.165) is 50.1 Å². The third kappa shape index (κ3) is 4.68. The fourth-order valence-electron chi connectivity index (χ4n) is 4.33. The Kier molecular flexibility index (Phi) is 6.63. The van der Waals surface area contributed by atoms with Gasteiger partial charge in [0.15, 0.2) is 0 Å². The lowest BCUT2D eigenvalue weighted by molar-refractivity contribution is -0.0979. The number of ether oxygens (including phenoxy) is 2. The molecule has 3 rings (SSSR count). The maximum atomic E-state index is 9.97. The minimum absolute atomic E-state index is 0.0843. The zero-order valence-electron chi connectivity index (χ0n) is 17.3. The van der Waals surface area contributed by atoms with Gasteiger partial charge in [0.05, 0.1) is 12.7 Å². The zero-order chi connectivity index (χ0) is 20.0. The number of methoxy groups -OCH3 is 1. The summed E-state index contributed by atoms with van der Waals surface area (Å²) in [6, 6.07) is 16.1. The van der Waals surface area contributed by atoms with Crippen LogP contribution in [0.4, 0.5) is 0 Å². The van der Waals surface area contributed by atoms with Gasteiger partial charge in [0, 0.05) is 24.1 Å². The van der Waals surface area contributed by atoms with E-state index in [-0.39, 0.29) is 11.0 Å². The van der Waals surface area contributed by atoms with E-state index in [2.05, 4.69) is 43.4 Å². The smallest absolute Gasteiger partial charge is 0.120 e. The van der Waals surface area contributed by atoms with Crippen molar-refractivity contribution in [3.8, 4) is 11.5 Å². The summed E-state index contributed by atoms with van der Waals surface area (Å²) < 4.78 is 11.5. The van der Waals surface area contributed by atoms with Gasteiger partial charge in [0.1, 0.15) is 11.5 Å². The first kappa shape index (κ1) is 20.7. The molecule has 0 saturated carbocycles. The third-order valence-corrected chi connectivity index (χ3v) is 6.28. The number of para-hydroxylation sites is 1. The van der Waals surface area contributed by atoms with Crippen molar-refractivity contribution in [1.29, 1.82) is 0 Å². The Bertz CT molecular complexity index is 761. The van der Waals surface area contributed by atoms with Crippen LogP contribution in [0.25, 0.3) is 0 Å². The Morgan fingerprint density at radius 2 is 1.89 bits per heavy atom. The number of aromatic hydroxyl groups is 1. The van der Waals surface area contributed by atoms with E-state index in [4.69, 9.17) is 9.47 Å². The van der Waals surface area contributed by atoms with Gasteiger partial charge in [-0.05, 0) is 62.9 Å². The van der Waals surface area contributed by atoms with Crippen LogP contribution in [0.15, 0.2) is 48.5 Å². The first-order chi connectivity index (χ1) is 13.5. The van der Waals surface area contributed by atoms with Gasteiger partial charge in [-0.1, -0.05) is 37.3 Å². The number of hydrogen-bond donors (Lipinski definition) is 2. The van der Waals surface area contributed by atoms with E-state index in [9.17, 15) is 5.11 Å². The minimum atomic E-state index is -0.0874. The van der Waals surface area contributed by atoms with Crippen LogP contribution < -0.4 is 10.1 Å². The number of hydrogen-bond acceptors (Lipinski definition) is 4. The van der Waals surface area contributed by atoms with Crippen LogP contribution in [0, 0.1) is 0 Å². The lowest BCUT2D eigenvalue weighted by atomic mass is 9.66. The van der Waals surface area contributed by atoms with Crippen molar-refractivity contribution >= 4 is 0 Å². The SMILES string of the molecule is CC[C@]1(C)C[C@](CCNCc2ccccc2O)(c2ccc(OC)cc2)CCO1. The molecule has 152 valence electrons. The van der Waals surface area contributed by atoms with Crippen LogP contribution in [0.5, 0.6) is 11.5 Å². The quantitative estimate of drug-likeness (QED) is 0.643. The number of benzene rings is 2. The molecule has 1 fully saturated rings. The maximum absolute atomic E-state index is 9.97. The average molecular weight is 384 g/mol. The molecule has 0 aliphatic carbocycles. The van der Waals surface area contributed by atoms with Gasteiger partial charge in [-0.15, -0.1) is 0 Å². The largest absolute Gasteiger partial charge is 0.508 e. The molecule has 0 amide bonds. The molecule has 0 bridgehead atoms. The molecule has 0 aromatic heterocycles. The summed E-state index contributed by atoms with van der Waals surface area (Å²) in [6.07, 6.45) is 4.08. The van der Waals surface area contributed by atoms with Gasteiger partial charge in [-0.25, -0.2) is 0 Å². The highest BCUT2D eigenvalue weighted by molar-refractivity contribution is 5.34. The Balaban J connectivity index is 1.73. The average Bonchev–Trinajstić information content (AvgIpc) is 2.72. The van der Waals surface area contributed by atoms with Crippen LogP contribution in [0.1, 0.15) is 50.7 Å². The van der Waals surface area contributed by atoms with Crippen molar-refractivity contribution in [2.45, 2.75) is 57.1 Å². The van der Waals surface area contributed by atoms with Gasteiger partial charge in [-0.3, -0.25) is 0 Å². The van der Waals surface area contributed by atoms with Crippen LogP contribution in [-0.2, 0) is 16.7 Å². The molecule has 2 atom stereocenters. The summed E-state index contributed by atoms with van der Waals surface area (Å²) >= 11 is 0. The molecule has 4 nitrogen and oxygen atoms in total. The normalized spacial score (nSPS) is 24.8. The molecule has 28 heavy (non-hydrogen) atoms. The van der Waals surface area contributed by atoms with Crippen molar-refractivity contribution in [2.75, 3.05) is 20.3 Å². The van der Waals surface area contributed by atoms with Crippen molar-refractivity contribution < 1.29 is 14.6 Å². The number of phenolic OH excluding ortho intramolecular Hbond substituents is 1.